The van der Waals surface area contributed by atoms with E-state index in [1.807, 2.05) is 0 Å². The molecule has 0 radical (unpaired) electrons. The highest BCUT2D eigenvalue weighted by Crippen LogP contribution is 2.35. The summed E-state index contributed by atoms with van der Waals surface area (Å²) in [5, 5.41) is 3.53. The van der Waals surface area contributed by atoms with Crippen LogP contribution in [0.15, 0.2) is 18.2 Å². The van der Waals surface area contributed by atoms with E-state index in [4.69, 9.17) is 9.47 Å². The summed E-state index contributed by atoms with van der Waals surface area (Å²) in [7, 11) is 6.04. The van der Waals surface area contributed by atoms with E-state index in [9.17, 15) is 0 Å². The van der Waals surface area contributed by atoms with Gasteiger partial charge in [-0.05, 0) is 56.6 Å². The molecule has 0 saturated carbocycles. The minimum Gasteiger partial charge on any atom is -0.497 e. The number of benzene rings is 1. The molecule has 4 nitrogen and oxygen atoms in total. The molecule has 1 heterocycles. The van der Waals surface area contributed by atoms with Gasteiger partial charge in [0.25, 0.3) is 0 Å². The second kappa shape index (κ2) is 6.34. The monoisotopic (exact) mass is 290 g/mol. The number of nitrogens with zero attached hydrogens (tertiary/aromatic N) is 1. The van der Waals surface area contributed by atoms with Crippen LogP contribution in [-0.2, 0) is 11.2 Å². The topological polar surface area (TPSA) is 33.7 Å². The second-order valence-corrected chi connectivity index (χ2v) is 6.12. The van der Waals surface area contributed by atoms with Gasteiger partial charge in [0.05, 0.1) is 13.7 Å². The van der Waals surface area contributed by atoms with E-state index in [0.29, 0.717) is 18.1 Å². The molecular formula is C17H26N2O2. The largest absolute Gasteiger partial charge is 0.497 e. The van der Waals surface area contributed by atoms with Crippen molar-refractivity contribution < 1.29 is 9.47 Å². The Hall–Kier alpha value is -1.10. The van der Waals surface area contributed by atoms with E-state index >= 15 is 0 Å². The van der Waals surface area contributed by atoms with Crippen molar-refractivity contribution in [1.29, 1.82) is 0 Å². The molecule has 2 aliphatic rings. The summed E-state index contributed by atoms with van der Waals surface area (Å²) in [6.45, 7) is 1.77. The molecule has 21 heavy (non-hydrogen) atoms. The van der Waals surface area contributed by atoms with Crippen molar-refractivity contribution in [2.75, 3.05) is 34.4 Å². The van der Waals surface area contributed by atoms with E-state index in [2.05, 4.69) is 42.5 Å². The smallest absolute Gasteiger partial charge is 0.119 e. The summed E-state index contributed by atoms with van der Waals surface area (Å²) in [4.78, 5) is 2.52. The van der Waals surface area contributed by atoms with Crippen LogP contribution in [0.4, 0.5) is 0 Å². The molecule has 1 saturated heterocycles. The van der Waals surface area contributed by atoms with Gasteiger partial charge in [0, 0.05) is 24.7 Å². The Morgan fingerprint density at radius 2 is 2.19 bits per heavy atom. The molecule has 1 N–H and O–H groups in total. The lowest BCUT2D eigenvalue weighted by Gasteiger charge is -2.41. The van der Waals surface area contributed by atoms with E-state index < -0.39 is 0 Å². The van der Waals surface area contributed by atoms with Gasteiger partial charge in [0.15, 0.2) is 0 Å². The maximum absolute atomic E-state index is 5.56. The summed E-state index contributed by atoms with van der Waals surface area (Å²) in [5.41, 5.74) is 2.83. The van der Waals surface area contributed by atoms with Gasteiger partial charge in [-0.2, -0.15) is 0 Å². The molecule has 0 amide bonds. The lowest BCUT2D eigenvalue weighted by Crippen LogP contribution is -2.49. The fraction of sp³-hybridized carbons (Fsp3) is 0.647. The molecule has 1 aliphatic heterocycles. The first-order valence-electron chi connectivity index (χ1n) is 7.88. The predicted octanol–water partition coefficient (Wildman–Crippen LogP) is 1.99. The number of aryl methyl sites for hydroxylation is 1. The Morgan fingerprint density at radius 1 is 1.33 bits per heavy atom. The molecule has 0 aromatic heterocycles. The van der Waals surface area contributed by atoms with E-state index in [1.54, 1.807) is 7.11 Å². The fourth-order valence-corrected chi connectivity index (χ4v) is 3.80. The van der Waals surface area contributed by atoms with Crippen LogP contribution in [-0.4, -0.2) is 51.4 Å². The minimum atomic E-state index is 0.356. The first-order valence-corrected chi connectivity index (χ1v) is 7.88. The summed E-state index contributed by atoms with van der Waals surface area (Å²) in [6.07, 6.45) is 3.48. The molecule has 0 bridgehead atoms. The van der Waals surface area contributed by atoms with Crippen LogP contribution < -0.4 is 10.1 Å². The zero-order chi connectivity index (χ0) is 14.8. The number of methoxy groups -OCH3 is 1. The van der Waals surface area contributed by atoms with Crippen molar-refractivity contribution in [3.8, 4) is 5.75 Å². The molecular weight excluding hydrogens is 264 g/mol. The van der Waals surface area contributed by atoms with Gasteiger partial charge in [-0.3, -0.25) is 4.90 Å². The van der Waals surface area contributed by atoms with Crippen molar-refractivity contribution >= 4 is 0 Å². The van der Waals surface area contributed by atoms with Crippen molar-refractivity contribution in [1.82, 2.24) is 10.2 Å². The quantitative estimate of drug-likeness (QED) is 0.919. The van der Waals surface area contributed by atoms with Crippen LogP contribution in [0.2, 0.25) is 0 Å². The van der Waals surface area contributed by atoms with Crippen molar-refractivity contribution in [2.24, 2.45) is 0 Å². The van der Waals surface area contributed by atoms with Crippen LogP contribution in [0, 0.1) is 0 Å². The van der Waals surface area contributed by atoms with Gasteiger partial charge < -0.3 is 14.8 Å². The third-order valence-electron chi connectivity index (χ3n) is 5.10. The number of nitrogens with one attached hydrogen (secondary N) is 1. The van der Waals surface area contributed by atoms with Crippen molar-refractivity contribution in [3.05, 3.63) is 29.3 Å². The molecule has 3 atom stereocenters. The fourth-order valence-electron chi connectivity index (χ4n) is 3.80. The molecule has 1 aliphatic carbocycles. The van der Waals surface area contributed by atoms with Gasteiger partial charge in [0.2, 0.25) is 0 Å². The van der Waals surface area contributed by atoms with Gasteiger partial charge in [-0.25, -0.2) is 0 Å². The maximum atomic E-state index is 5.56. The first kappa shape index (κ1) is 14.8. The second-order valence-electron chi connectivity index (χ2n) is 6.12. The third kappa shape index (κ3) is 2.80. The number of rotatable bonds is 4. The molecule has 1 aromatic rings. The average Bonchev–Trinajstić information content (AvgIpc) is 3.06. The Labute approximate surface area is 127 Å². The molecule has 3 rings (SSSR count). The summed E-state index contributed by atoms with van der Waals surface area (Å²) in [5.74, 6) is 0.946. The van der Waals surface area contributed by atoms with Crippen LogP contribution >= 0.6 is 0 Å². The van der Waals surface area contributed by atoms with Crippen molar-refractivity contribution in [3.63, 3.8) is 0 Å². The van der Waals surface area contributed by atoms with E-state index in [0.717, 1.165) is 31.8 Å². The summed E-state index contributed by atoms with van der Waals surface area (Å²) >= 11 is 0. The Bertz CT molecular complexity index is 486. The van der Waals surface area contributed by atoms with Crippen LogP contribution in [0.5, 0.6) is 5.75 Å². The minimum absolute atomic E-state index is 0.356. The molecule has 4 heteroatoms. The predicted molar refractivity (Wildman–Crippen MR) is 83.9 cm³/mol. The lowest BCUT2D eigenvalue weighted by molar-refractivity contribution is 0.105. The zero-order valence-corrected chi connectivity index (χ0v) is 13.3. The summed E-state index contributed by atoms with van der Waals surface area (Å²) < 4.78 is 11.0. The maximum Gasteiger partial charge on any atom is 0.119 e. The molecule has 1 fully saturated rings. The van der Waals surface area contributed by atoms with Gasteiger partial charge in [-0.15, -0.1) is 0 Å². The van der Waals surface area contributed by atoms with Gasteiger partial charge >= 0.3 is 0 Å². The third-order valence-corrected chi connectivity index (χ3v) is 5.10. The Kier molecular flexibility index (Phi) is 4.48. The van der Waals surface area contributed by atoms with Crippen molar-refractivity contribution in [2.45, 2.75) is 37.4 Å². The van der Waals surface area contributed by atoms with Crippen LogP contribution in [0.3, 0.4) is 0 Å². The number of likely N-dealkylation sites (N-methyl/N-ethyl adjacent to an activating group) is 2. The number of fused-ring (bicyclic) bond motifs is 1. The Balaban J connectivity index is 1.86. The number of hydrogen-bond acceptors (Lipinski definition) is 4. The highest BCUT2D eigenvalue weighted by atomic mass is 16.5. The normalized spacial score (nSPS) is 28.7. The average molecular weight is 290 g/mol. The molecule has 0 spiro atoms. The van der Waals surface area contributed by atoms with E-state index in [1.165, 1.54) is 17.5 Å². The summed E-state index contributed by atoms with van der Waals surface area (Å²) in [6, 6.07) is 7.91. The van der Waals surface area contributed by atoms with Crippen LogP contribution in [0.1, 0.15) is 30.0 Å². The number of ether oxygens (including phenoxy) is 2. The SMILES string of the molecule is CNC1c2cc(OC)ccc2CCC1N(C)C1CCOC1. The highest BCUT2D eigenvalue weighted by molar-refractivity contribution is 5.40. The lowest BCUT2D eigenvalue weighted by atomic mass is 9.82. The van der Waals surface area contributed by atoms with Crippen LogP contribution in [0.25, 0.3) is 0 Å². The highest BCUT2D eigenvalue weighted by Gasteiger charge is 2.35. The first-order chi connectivity index (χ1) is 10.2. The van der Waals surface area contributed by atoms with Gasteiger partial charge in [0.1, 0.15) is 5.75 Å². The molecule has 3 unspecified atom stereocenters. The Morgan fingerprint density at radius 3 is 2.86 bits per heavy atom. The van der Waals surface area contributed by atoms with E-state index in [-0.39, 0.29) is 0 Å². The molecule has 1 aromatic carbocycles. The zero-order valence-electron chi connectivity index (χ0n) is 13.3. The standard InChI is InChI=1S/C17H26N2O2/c1-18-17-15-10-14(20-3)6-4-12(15)5-7-16(17)19(2)13-8-9-21-11-13/h4,6,10,13,16-18H,5,7-9,11H2,1-3H3. The molecule has 116 valence electrons. The number of hydrogen-bond donors (Lipinski definition) is 1. The van der Waals surface area contributed by atoms with Gasteiger partial charge in [-0.1, -0.05) is 6.07 Å².